The standard InChI is InChI=1S/C17H21ClN4O3/c1-22-9-7-14(23)13(10-22)17(24)19-8-6-15-20-16(21-25-15)11-2-4-12(18)5-3-11/h2-5,13-14,23H,6-10H2,1H3,(H,19,24)/t13-,14-/m1/s1. The third-order valence-corrected chi connectivity index (χ3v) is 4.58. The third-order valence-electron chi connectivity index (χ3n) is 4.32. The summed E-state index contributed by atoms with van der Waals surface area (Å²) < 4.78 is 5.21. The number of aromatic nitrogens is 2. The van der Waals surface area contributed by atoms with Crippen molar-refractivity contribution in [2.45, 2.75) is 18.9 Å². The van der Waals surface area contributed by atoms with Crippen LogP contribution in [-0.2, 0) is 11.2 Å². The van der Waals surface area contributed by atoms with E-state index in [9.17, 15) is 9.90 Å². The average molecular weight is 365 g/mol. The lowest BCUT2D eigenvalue weighted by Gasteiger charge is -2.32. The average Bonchev–Trinajstić information content (AvgIpc) is 3.06. The quantitative estimate of drug-likeness (QED) is 0.832. The first-order valence-corrected chi connectivity index (χ1v) is 8.63. The Labute approximate surface area is 151 Å². The summed E-state index contributed by atoms with van der Waals surface area (Å²) in [6, 6.07) is 7.17. The minimum Gasteiger partial charge on any atom is -0.392 e. The van der Waals surface area contributed by atoms with Crippen LogP contribution in [0.15, 0.2) is 28.8 Å². The zero-order valence-electron chi connectivity index (χ0n) is 14.0. The molecule has 7 nitrogen and oxygen atoms in total. The number of carbonyl (C=O) groups excluding carboxylic acids is 1. The number of hydrogen-bond donors (Lipinski definition) is 2. The molecule has 2 aromatic rings. The lowest BCUT2D eigenvalue weighted by Crippen LogP contribution is -2.49. The monoisotopic (exact) mass is 364 g/mol. The summed E-state index contributed by atoms with van der Waals surface area (Å²) in [5, 5.41) is 17.4. The van der Waals surface area contributed by atoms with Crippen LogP contribution in [0.25, 0.3) is 11.4 Å². The van der Waals surface area contributed by atoms with Gasteiger partial charge in [0.2, 0.25) is 17.6 Å². The molecule has 134 valence electrons. The molecule has 0 unspecified atom stereocenters. The number of amides is 1. The minimum atomic E-state index is -0.587. The largest absolute Gasteiger partial charge is 0.392 e. The molecule has 2 heterocycles. The smallest absolute Gasteiger partial charge is 0.228 e. The number of aliphatic hydroxyl groups excluding tert-OH is 1. The molecule has 0 saturated carbocycles. The van der Waals surface area contributed by atoms with Gasteiger partial charge in [-0.3, -0.25) is 4.79 Å². The predicted molar refractivity (Wildman–Crippen MR) is 93.1 cm³/mol. The van der Waals surface area contributed by atoms with Gasteiger partial charge in [0.1, 0.15) is 0 Å². The van der Waals surface area contributed by atoms with E-state index in [1.807, 2.05) is 24.1 Å². The molecule has 1 aromatic carbocycles. The molecule has 1 amide bonds. The van der Waals surface area contributed by atoms with Crippen molar-refractivity contribution in [2.24, 2.45) is 5.92 Å². The lowest BCUT2D eigenvalue weighted by atomic mass is 9.94. The van der Waals surface area contributed by atoms with Gasteiger partial charge < -0.3 is 19.8 Å². The van der Waals surface area contributed by atoms with Gasteiger partial charge in [0, 0.05) is 36.6 Å². The third kappa shape index (κ3) is 4.56. The van der Waals surface area contributed by atoms with Gasteiger partial charge in [0.05, 0.1) is 12.0 Å². The summed E-state index contributed by atoms with van der Waals surface area (Å²) in [6.07, 6.45) is 0.462. The van der Waals surface area contributed by atoms with E-state index in [1.165, 1.54) is 0 Å². The van der Waals surface area contributed by atoms with E-state index in [-0.39, 0.29) is 5.91 Å². The van der Waals surface area contributed by atoms with Crippen LogP contribution in [0.3, 0.4) is 0 Å². The number of benzene rings is 1. The number of nitrogens with one attached hydrogen (secondary N) is 1. The second-order valence-electron chi connectivity index (χ2n) is 6.28. The number of nitrogens with zero attached hydrogens (tertiary/aromatic N) is 3. The molecule has 3 rings (SSSR count). The van der Waals surface area contributed by atoms with Crippen LogP contribution in [0.4, 0.5) is 0 Å². The Hall–Kier alpha value is -1.96. The summed E-state index contributed by atoms with van der Waals surface area (Å²) >= 11 is 5.86. The highest BCUT2D eigenvalue weighted by atomic mass is 35.5. The number of likely N-dealkylation sites (tertiary alicyclic amines) is 1. The zero-order chi connectivity index (χ0) is 17.8. The molecule has 2 N–H and O–H groups in total. The fraction of sp³-hybridized carbons (Fsp3) is 0.471. The van der Waals surface area contributed by atoms with Gasteiger partial charge in [-0.1, -0.05) is 16.8 Å². The number of carbonyl (C=O) groups is 1. The van der Waals surface area contributed by atoms with Gasteiger partial charge in [0.25, 0.3) is 0 Å². The van der Waals surface area contributed by atoms with Crippen molar-refractivity contribution in [1.29, 1.82) is 0 Å². The van der Waals surface area contributed by atoms with E-state index in [2.05, 4.69) is 15.5 Å². The maximum absolute atomic E-state index is 12.2. The Bertz CT molecular complexity index is 719. The Morgan fingerprint density at radius 2 is 2.20 bits per heavy atom. The molecule has 1 fully saturated rings. The Kier molecular flexibility index (Phi) is 5.67. The zero-order valence-corrected chi connectivity index (χ0v) is 14.7. The molecule has 1 aromatic heterocycles. The van der Waals surface area contributed by atoms with Crippen LogP contribution in [0.1, 0.15) is 12.3 Å². The highest BCUT2D eigenvalue weighted by Gasteiger charge is 2.31. The summed E-state index contributed by atoms with van der Waals surface area (Å²) in [4.78, 5) is 18.6. The normalized spacial score (nSPS) is 21.2. The fourth-order valence-electron chi connectivity index (χ4n) is 2.86. The van der Waals surface area contributed by atoms with E-state index < -0.39 is 12.0 Å². The topological polar surface area (TPSA) is 91.5 Å². The van der Waals surface area contributed by atoms with E-state index in [4.69, 9.17) is 16.1 Å². The number of piperidine rings is 1. The Balaban J connectivity index is 1.51. The maximum Gasteiger partial charge on any atom is 0.228 e. The van der Waals surface area contributed by atoms with Crippen LogP contribution < -0.4 is 5.32 Å². The number of aliphatic hydroxyl groups is 1. The first kappa shape index (κ1) is 17.8. The van der Waals surface area contributed by atoms with Crippen molar-refractivity contribution >= 4 is 17.5 Å². The SMILES string of the molecule is CN1CC[C@@H](O)[C@H](C(=O)NCCc2nc(-c3ccc(Cl)cc3)no2)C1. The molecule has 1 aliphatic rings. The Morgan fingerprint density at radius 1 is 1.44 bits per heavy atom. The van der Waals surface area contributed by atoms with Gasteiger partial charge in [-0.25, -0.2) is 0 Å². The second kappa shape index (κ2) is 7.95. The summed E-state index contributed by atoms with van der Waals surface area (Å²) in [5.41, 5.74) is 0.816. The maximum atomic E-state index is 12.2. The van der Waals surface area contributed by atoms with Crippen molar-refractivity contribution in [1.82, 2.24) is 20.4 Å². The molecule has 0 aliphatic carbocycles. The number of hydrogen-bond acceptors (Lipinski definition) is 6. The van der Waals surface area contributed by atoms with E-state index in [1.54, 1.807) is 12.1 Å². The molecule has 25 heavy (non-hydrogen) atoms. The van der Waals surface area contributed by atoms with Gasteiger partial charge >= 0.3 is 0 Å². The predicted octanol–water partition coefficient (Wildman–Crippen LogP) is 1.36. The molecule has 8 heteroatoms. The van der Waals surface area contributed by atoms with E-state index in [0.717, 1.165) is 12.1 Å². The number of halogens is 1. The molecule has 0 radical (unpaired) electrons. The minimum absolute atomic E-state index is 0.142. The summed E-state index contributed by atoms with van der Waals surface area (Å²) in [7, 11) is 1.95. The van der Waals surface area contributed by atoms with Crippen molar-refractivity contribution in [3.63, 3.8) is 0 Å². The second-order valence-corrected chi connectivity index (χ2v) is 6.72. The van der Waals surface area contributed by atoms with E-state index >= 15 is 0 Å². The fourth-order valence-corrected chi connectivity index (χ4v) is 2.98. The van der Waals surface area contributed by atoms with Gasteiger partial charge in [0.15, 0.2) is 0 Å². The summed E-state index contributed by atoms with van der Waals surface area (Å²) in [5.74, 6) is 0.399. The molecule has 1 saturated heterocycles. The molecule has 0 spiro atoms. The molecular weight excluding hydrogens is 344 g/mol. The first-order valence-electron chi connectivity index (χ1n) is 8.26. The Morgan fingerprint density at radius 3 is 2.96 bits per heavy atom. The van der Waals surface area contributed by atoms with Crippen LogP contribution in [-0.4, -0.2) is 58.8 Å². The van der Waals surface area contributed by atoms with Gasteiger partial charge in [-0.2, -0.15) is 4.98 Å². The lowest BCUT2D eigenvalue weighted by molar-refractivity contribution is -0.131. The first-order chi connectivity index (χ1) is 12.0. The molecule has 2 atom stereocenters. The molecular formula is C17H21ClN4O3. The number of rotatable bonds is 5. The van der Waals surface area contributed by atoms with Crippen LogP contribution >= 0.6 is 11.6 Å². The highest BCUT2D eigenvalue weighted by Crippen LogP contribution is 2.19. The van der Waals surface area contributed by atoms with Crippen LogP contribution in [0, 0.1) is 5.92 Å². The van der Waals surface area contributed by atoms with Crippen LogP contribution in [0.2, 0.25) is 5.02 Å². The molecule has 1 aliphatic heterocycles. The molecule has 0 bridgehead atoms. The van der Waals surface area contributed by atoms with Crippen molar-refractivity contribution < 1.29 is 14.4 Å². The van der Waals surface area contributed by atoms with Gasteiger partial charge in [-0.15, -0.1) is 0 Å². The van der Waals surface area contributed by atoms with E-state index in [0.29, 0.717) is 42.7 Å². The van der Waals surface area contributed by atoms with Crippen molar-refractivity contribution in [3.8, 4) is 11.4 Å². The van der Waals surface area contributed by atoms with Crippen molar-refractivity contribution in [3.05, 3.63) is 35.2 Å². The van der Waals surface area contributed by atoms with Gasteiger partial charge in [-0.05, 0) is 37.7 Å². The highest BCUT2D eigenvalue weighted by molar-refractivity contribution is 6.30. The van der Waals surface area contributed by atoms with Crippen molar-refractivity contribution in [2.75, 3.05) is 26.7 Å². The van der Waals surface area contributed by atoms with Crippen LogP contribution in [0.5, 0.6) is 0 Å². The summed E-state index contributed by atoms with van der Waals surface area (Å²) in [6.45, 7) is 1.75.